The Labute approximate surface area is 148 Å². The molecule has 2 aliphatic rings. The van der Waals surface area contributed by atoms with Gasteiger partial charge in [0.15, 0.2) is 0 Å². The van der Waals surface area contributed by atoms with E-state index in [4.69, 9.17) is 9.47 Å². The molecule has 0 saturated carbocycles. The first-order valence-electron chi connectivity index (χ1n) is 8.90. The fourth-order valence-electron chi connectivity index (χ4n) is 3.54. The quantitative estimate of drug-likeness (QED) is 0.786. The van der Waals surface area contributed by atoms with Crippen molar-refractivity contribution in [3.8, 4) is 5.75 Å². The van der Waals surface area contributed by atoms with E-state index in [9.17, 15) is 4.79 Å². The van der Waals surface area contributed by atoms with E-state index in [1.165, 1.54) is 18.4 Å². The molecule has 132 valence electrons. The second kappa shape index (κ2) is 8.77. The molecule has 0 bridgehead atoms. The predicted octanol–water partition coefficient (Wildman–Crippen LogP) is 3.66. The van der Waals surface area contributed by atoms with Crippen LogP contribution in [0, 0.1) is 0 Å². The lowest BCUT2D eigenvalue weighted by molar-refractivity contribution is -0.129. The lowest BCUT2D eigenvalue weighted by atomic mass is 10.0. The van der Waals surface area contributed by atoms with Gasteiger partial charge in [0.05, 0.1) is 25.0 Å². The molecule has 0 radical (unpaired) electrons. The largest absolute Gasteiger partial charge is 0.497 e. The zero-order valence-electron chi connectivity index (χ0n) is 14.4. The summed E-state index contributed by atoms with van der Waals surface area (Å²) in [6.07, 6.45) is 6.04. The van der Waals surface area contributed by atoms with E-state index in [0.717, 1.165) is 43.9 Å². The maximum absolute atomic E-state index is 12.6. The fraction of sp³-hybridized carbons (Fsp3) is 0.632. The highest BCUT2D eigenvalue weighted by Crippen LogP contribution is 2.33. The molecule has 2 atom stereocenters. The molecular formula is C19H27NO3S. The average molecular weight is 349 g/mol. The molecule has 24 heavy (non-hydrogen) atoms. The van der Waals surface area contributed by atoms with Gasteiger partial charge in [-0.1, -0.05) is 12.1 Å². The van der Waals surface area contributed by atoms with Crippen LogP contribution < -0.4 is 4.74 Å². The van der Waals surface area contributed by atoms with Crippen molar-refractivity contribution in [3.05, 3.63) is 29.8 Å². The molecule has 2 fully saturated rings. The van der Waals surface area contributed by atoms with Gasteiger partial charge in [-0.2, -0.15) is 0 Å². The van der Waals surface area contributed by atoms with Gasteiger partial charge in [-0.15, -0.1) is 11.8 Å². The number of thioether (sulfide) groups is 1. The monoisotopic (exact) mass is 349 g/mol. The molecule has 1 amide bonds. The minimum atomic E-state index is 0.218. The summed E-state index contributed by atoms with van der Waals surface area (Å²) in [7, 11) is 1.67. The van der Waals surface area contributed by atoms with Gasteiger partial charge in [-0.3, -0.25) is 4.79 Å². The van der Waals surface area contributed by atoms with Gasteiger partial charge in [0.25, 0.3) is 0 Å². The molecule has 0 N–H and O–H groups in total. The van der Waals surface area contributed by atoms with E-state index in [1.54, 1.807) is 18.9 Å². The number of hydrogen-bond acceptors (Lipinski definition) is 4. The van der Waals surface area contributed by atoms with Crippen LogP contribution in [-0.2, 0) is 9.53 Å². The molecule has 2 aliphatic heterocycles. The number of benzene rings is 1. The first-order chi connectivity index (χ1) is 11.8. The summed E-state index contributed by atoms with van der Waals surface area (Å²) in [4.78, 5) is 14.7. The number of hydrogen-bond donors (Lipinski definition) is 0. The van der Waals surface area contributed by atoms with Crippen molar-refractivity contribution in [3.63, 3.8) is 0 Å². The number of methoxy groups -OCH3 is 1. The van der Waals surface area contributed by atoms with Crippen molar-refractivity contribution in [2.75, 3.05) is 31.8 Å². The molecule has 3 rings (SSSR count). The van der Waals surface area contributed by atoms with E-state index >= 15 is 0 Å². The predicted molar refractivity (Wildman–Crippen MR) is 97.6 cm³/mol. The van der Waals surface area contributed by atoms with Crippen LogP contribution in [0.1, 0.15) is 43.7 Å². The smallest absolute Gasteiger partial charge is 0.233 e. The Bertz CT molecular complexity index is 528. The number of ether oxygens (including phenoxy) is 2. The van der Waals surface area contributed by atoms with Crippen LogP contribution in [0.3, 0.4) is 0 Å². The topological polar surface area (TPSA) is 38.8 Å². The Morgan fingerprint density at radius 2 is 2.08 bits per heavy atom. The van der Waals surface area contributed by atoms with Crippen molar-refractivity contribution < 1.29 is 14.3 Å². The third kappa shape index (κ3) is 4.45. The fourth-order valence-corrected chi connectivity index (χ4v) is 4.52. The second-order valence-corrected chi connectivity index (χ2v) is 7.55. The summed E-state index contributed by atoms with van der Waals surface area (Å²) in [6.45, 7) is 1.75. The Morgan fingerprint density at radius 3 is 2.79 bits per heavy atom. The number of carbonyl (C=O) groups excluding carboxylic acids is 1. The number of rotatable bonds is 6. The molecule has 4 nitrogen and oxygen atoms in total. The summed E-state index contributed by atoms with van der Waals surface area (Å²) in [5.74, 6) is 2.62. The van der Waals surface area contributed by atoms with E-state index in [-0.39, 0.29) is 11.9 Å². The molecule has 1 aromatic carbocycles. The minimum absolute atomic E-state index is 0.218. The standard InChI is InChI=1S/C19H27NO3S/c1-22-16-9-7-15(8-10-16)18-6-4-11-20(18)19(21)14-24-13-17-5-2-3-12-23-17/h7-10,17-18H,2-6,11-14H2,1H3. The van der Waals surface area contributed by atoms with Crippen LogP contribution in [0.25, 0.3) is 0 Å². The van der Waals surface area contributed by atoms with Crippen LogP contribution >= 0.6 is 11.8 Å². The van der Waals surface area contributed by atoms with Gasteiger partial charge in [0.2, 0.25) is 5.91 Å². The molecule has 2 heterocycles. The Morgan fingerprint density at radius 1 is 1.25 bits per heavy atom. The number of nitrogens with zero attached hydrogens (tertiary/aromatic N) is 1. The zero-order valence-corrected chi connectivity index (χ0v) is 15.2. The Kier molecular flexibility index (Phi) is 6.44. The van der Waals surface area contributed by atoms with Crippen LogP contribution in [0.2, 0.25) is 0 Å². The zero-order chi connectivity index (χ0) is 16.8. The summed E-state index contributed by atoms with van der Waals surface area (Å²) in [5, 5.41) is 0. The van der Waals surface area contributed by atoms with Gasteiger partial charge in [0.1, 0.15) is 5.75 Å². The van der Waals surface area contributed by atoms with Crippen molar-refractivity contribution in [1.82, 2.24) is 4.90 Å². The molecule has 1 aromatic rings. The van der Waals surface area contributed by atoms with Crippen molar-refractivity contribution >= 4 is 17.7 Å². The van der Waals surface area contributed by atoms with Gasteiger partial charge in [-0.05, 0) is 49.8 Å². The highest BCUT2D eigenvalue weighted by atomic mass is 32.2. The lowest BCUT2D eigenvalue weighted by Gasteiger charge is -2.26. The third-order valence-electron chi connectivity index (χ3n) is 4.88. The molecule has 2 saturated heterocycles. The highest BCUT2D eigenvalue weighted by molar-refractivity contribution is 7.99. The van der Waals surface area contributed by atoms with Crippen LogP contribution in [-0.4, -0.2) is 48.7 Å². The maximum atomic E-state index is 12.6. The first-order valence-corrected chi connectivity index (χ1v) is 10.1. The van der Waals surface area contributed by atoms with Gasteiger partial charge >= 0.3 is 0 Å². The third-order valence-corrected chi connectivity index (χ3v) is 5.94. The van der Waals surface area contributed by atoms with E-state index in [0.29, 0.717) is 11.9 Å². The Hall–Kier alpha value is -1.20. The van der Waals surface area contributed by atoms with Gasteiger partial charge in [0, 0.05) is 18.9 Å². The minimum Gasteiger partial charge on any atom is -0.497 e. The average Bonchev–Trinajstić information content (AvgIpc) is 3.12. The normalized spacial score (nSPS) is 24.1. The summed E-state index contributed by atoms with van der Waals surface area (Å²) >= 11 is 1.72. The van der Waals surface area contributed by atoms with E-state index < -0.39 is 0 Å². The van der Waals surface area contributed by atoms with Crippen LogP contribution in [0.4, 0.5) is 0 Å². The lowest BCUT2D eigenvalue weighted by Crippen LogP contribution is -2.32. The van der Waals surface area contributed by atoms with Crippen LogP contribution in [0.15, 0.2) is 24.3 Å². The van der Waals surface area contributed by atoms with Crippen LogP contribution in [0.5, 0.6) is 5.75 Å². The SMILES string of the molecule is COc1ccc(C2CCCN2C(=O)CSCC2CCCCO2)cc1. The highest BCUT2D eigenvalue weighted by Gasteiger charge is 2.29. The molecule has 2 unspecified atom stereocenters. The van der Waals surface area contributed by atoms with Crippen molar-refractivity contribution in [2.24, 2.45) is 0 Å². The number of amides is 1. The molecule has 0 aliphatic carbocycles. The molecule has 0 aromatic heterocycles. The summed E-state index contributed by atoms with van der Waals surface area (Å²) in [6, 6.07) is 8.34. The van der Waals surface area contributed by atoms with Crippen molar-refractivity contribution in [2.45, 2.75) is 44.2 Å². The van der Waals surface area contributed by atoms with Gasteiger partial charge < -0.3 is 14.4 Å². The Balaban J connectivity index is 1.51. The second-order valence-electron chi connectivity index (χ2n) is 6.52. The number of likely N-dealkylation sites (tertiary alicyclic amines) is 1. The molecular weight excluding hydrogens is 322 g/mol. The molecule has 5 heteroatoms. The van der Waals surface area contributed by atoms with Gasteiger partial charge in [-0.25, -0.2) is 0 Å². The number of carbonyl (C=O) groups is 1. The van der Waals surface area contributed by atoms with Crippen molar-refractivity contribution in [1.29, 1.82) is 0 Å². The molecule has 0 spiro atoms. The van der Waals surface area contributed by atoms with E-state index in [2.05, 4.69) is 17.0 Å². The summed E-state index contributed by atoms with van der Waals surface area (Å²) in [5.41, 5.74) is 1.21. The first kappa shape index (κ1) is 17.6. The van der Waals surface area contributed by atoms with E-state index in [1.807, 2.05) is 12.1 Å². The summed E-state index contributed by atoms with van der Waals surface area (Å²) < 4.78 is 11.0. The maximum Gasteiger partial charge on any atom is 0.233 e.